The maximum atomic E-state index is 6.18. The monoisotopic (exact) mass is 517 g/mol. The molecule has 0 bridgehead atoms. The van der Waals surface area contributed by atoms with Gasteiger partial charge in [0.25, 0.3) is 0 Å². The van der Waals surface area contributed by atoms with Crippen LogP contribution in [0.25, 0.3) is 11.1 Å². The van der Waals surface area contributed by atoms with Gasteiger partial charge in [0.15, 0.2) is 0 Å². The second kappa shape index (κ2) is 11.5. The fourth-order valence-electron chi connectivity index (χ4n) is 4.63. The standard InChI is InChI=1S/C31H40BNO3S/c1-22-18-28(34-16-9-17-37-7)19-23(2)29(22)25-11-8-10-24(20-25)21-33-27-14-12-26(13-15-27)32-35-30(3,4)31(5,6)36-32/h8,10-15,18-20,33H,9,16-17,21H2,1-7H3. The van der Waals surface area contributed by atoms with Gasteiger partial charge in [0.05, 0.1) is 17.8 Å². The minimum atomic E-state index is -0.339. The highest BCUT2D eigenvalue weighted by Gasteiger charge is 2.51. The molecule has 1 fully saturated rings. The lowest BCUT2D eigenvalue weighted by Crippen LogP contribution is -2.41. The Morgan fingerprint density at radius 1 is 0.892 bits per heavy atom. The summed E-state index contributed by atoms with van der Waals surface area (Å²) >= 11 is 1.86. The summed E-state index contributed by atoms with van der Waals surface area (Å²) in [6.45, 7) is 14.2. The zero-order valence-electron chi connectivity index (χ0n) is 23.3. The Balaban J connectivity index is 1.40. The van der Waals surface area contributed by atoms with Crippen LogP contribution in [0.2, 0.25) is 0 Å². The van der Waals surface area contributed by atoms with Crippen molar-refractivity contribution in [1.29, 1.82) is 0 Å². The van der Waals surface area contributed by atoms with Crippen molar-refractivity contribution in [2.24, 2.45) is 0 Å². The number of hydrogen-bond donors (Lipinski definition) is 1. The van der Waals surface area contributed by atoms with Crippen molar-refractivity contribution in [3.63, 3.8) is 0 Å². The van der Waals surface area contributed by atoms with Crippen molar-refractivity contribution in [2.75, 3.05) is 23.9 Å². The van der Waals surface area contributed by atoms with Gasteiger partial charge in [0, 0.05) is 12.2 Å². The number of nitrogens with one attached hydrogen (secondary N) is 1. The van der Waals surface area contributed by atoms with Gasteiger partial charge < -0.3 is 19.4 Å². The van der Waals surface area contributed by atoms with Crippen molar-refractivity contribution in [2.45, 2.75) is 65.7 Å². The maximum absolute atomic E-state index is 6.18. The minimum absolute atomic E-state index is 0.336. The normalized spacial score (nSPS) is 16.1. The number of ether oxygens (including phenoxy) is 1. The molecule has 6 heteroatoms. The smallest absolute Gasteiger partial charge is 0.494 e. The quantitative estimate of drug-likeness (QED) is 0.231. The highest BCUT2D eigenvalue weighted by Crippen LogP contribution is 2.36. The summed E-state index contributed by atoms with van der Waals surface area (Å²) in [5.74, 6) is 2.09. The molecule has 1 heterocycles. The summed E-state index contributed by atoms with van der Waals surface area (Å²) in [4.78, 5) is 0. The molecule has 1 N–H and O–H groups in total. The SMILES string of the molecule is CSCCCOc1cc(C)c(-c2cccc(CNc3ccc(B4OC(C)(C)C(C)(C)O4)cc3)c2)c(C)c1. The molecule has 0 amide bonds. The molecule has 4 nitrogen and oxygen atoms in total. The van der Waals surface area contributed by atoms with Gasteiger partial charge in [-0.3, -0.25) is 0 Å². The van der Waals surface area contributed by atoms with Crippen LogP contribution < -0.4 is 15.5 Å². The average molecular weight is 518 g/mol. The van der Waals surface area contributed by atoms with E-state index in [0.29, 0.717) is 0 Å². The van der Waals surface area contributed by atoms with E-state index in [4.69, 9.17) is 14.0 Å². The Labute approximate surface area is 227 Å². The molecule has 0 spiro atoms. The number of thioether (sulfide) groups is 1. The largest absolute Gasteiger partial charge is 0.494 e. The Hall–Kier alpha value is -2.41. The van der Waals surface area contributed by atoms with Crippen molar-refractivity contribution < 1.29 is 14.0 Å². The lowest BCUT2D eigenvalue weighted by molar-refractivity contribution is 0.00578. The van der Waals surface area contributed by atoms with E-state index in [1.807, 2.05) is 11.8 Å². The van der Waals surface area contributed by atoms with E-state index in [2.05, 4.69) is 114 Å². The van der Waals surface area contributed by atoms with Crippen molar-refractivity contribution in [3.05, 3.63) is 77.4 Å². The first kappa shape index (κ1) is 27.6. The fraction of sp³-hybridized carbons (Fsp3) is 0.419. The van der Waals surface area contributed by atoms with Crippen LogP contribution in [0.5, 0.6) is 5.75 Å². The van der Waals surface area contributed by atoms with Gasteiger partial charge in [-0.15, -0.1) is 0 Å². The van der Waals surface area contributed by atoms with Gasteiger partial charge in [-0.2, -0.15) is 11.8 Å². The third kappa shape index (κ3) is 6.54. The van der Waals surface area contributed by atoms with Gasteiger partial charge in [0.2, 0.25) is 0 Å². The highest BCUT2D eigenvalue weighted by molar-refractivity contribution is 7.98. The molecule has 3 aromatic carbocycles. The highest BCUT2D eigenvalue weighted by atomic mass is 32.2. The number of rotatable bonds is 10. The van der Waals surface area contributed by atoms with Crippen LogP contribution >= 0.6 is 11.8 Å². The minimum Gasteiger partial charge on any atom is -0.494 e. The molecular formula is C31H40BNO3S. The second-order valence-electron chi connectivity index (χ2n) is 10.9. The number of aryl methyl sites for hydroxylation is 2. The van der Waals surface area contributed by atoms with Crippen LogP contribution in [-0.4, -0.2) is 36.9 Å². The van der Waals surface area contributed by atoms with Gasteiger partial charge in [0.1, 0.15) is 5.75 Å². The Kier molecular flexibility index (Phi) is 8.62. The third-order valence-corrected chi connectivity index (χ3v) is 8.11. The molecule has 0 atom stereocenters. The molecule has 0 saturated carbocycles. The van der Waals surface area contributed by atoms with Gasteiger partial charge in [-0.25, -0.2) is 0 Å². The average Bonchev–Trinajstić information content (AvgIpc) is 3.07. The number of anilines is 1. The van der Waals surface area contributed by atoms with Crippen LogP contribution in [-0.2, 0) is 15.9 Å². The zero-order valence-corrected chi connectivity index (χ0v) is 24.1. The first-order valence-corrected chi connectivity index (χ1v) is 14.5. The van der Waals surface area contributed by atoms with Crippen LogP contribution in [0.1, 0.15) is 50.8 Å². The summed E-state index contributed by atoms with van der Waals surface area (Å²) in [6.07, 6.45) is 3.20. The summed E-state index contributed by atoms with van der Waals surface area (Å²) < 4.78 is 18.4. The molecule has 4 rings (SSSR count). The van der Waals surface area contributed by atoms with E-state index < -0.39 is 0 Å². The molecule has 0 aliphatic carbocycles. The molecule has 1 aliphatic rings. The molecule has 0 unspecified atom stereocenters. The van der Waals surface area contributed by atoms with Crippen molar-refractivity contribution in [1.82, 2.24) is 0 Å². The van der Waals surface area contributed by atoms with Crippen molar-refractivity contribution >= 4 is 30.0 Å². The van der Waals surface area contributed by atoms with E-state index in [9.17, 15) is 0 Å². The van der Waals surface area contributed by atoms with E-state index in [1.165, 1.54) is 27.8 Å². The predicted molar refractivity (Wildman–Crippen MR) is 159 cm³/mol. The lowest BCUT2D eigenvalue weighted by atomic mass is 9.79. The summed E-state index contributed by atoms with van der Waals surface area (Å²) in [5.41, 5.74) is 7.67. The third-order valence-electron chi connectivity index (χ3n) is 7.42. The zero-order chi connectivity index (χ0) is 26.6. The molecule has 37 heavy (non-hydrogen) atoms. The van der Waals surface area contributed by atoms with E-state index >= 15 is 0 Å². The second-order valence-corrected chi connectivity index (χ2v) is 11.9. The molecular weight excluding hydrogens is 477 g/mol. The Bertz CT molecular complexity index is 1170. The predicted octanol–water partition coefficient (Wildman–Crippen LogP) is 7.01. The van der Waals surface area contributed by atoms with Gasteiger partial charge in [-0.05, 0) is 124 Å². The first-order valence-electron chi connectivity index (χ1n) is 13.1. The van der Waals surface area contributed by atoms with Crippen LogP contribution in [0, 0.1) is 13.8 Å². The number of hydrogen-bond acceptors (Lipinski definition) is 5. The molecule has 196 valence electrons. The van der Waals surface area contributed by atoms with E-state index in [0.717, 1.165) is 42.2 Å². The Morgan fingerprint density at radius 2 is 1.54 bits per heavy atom. The van der Waals surface area contributed by atoms with Crippen LogP contribution in [0.15, 0.2) is 60.7 Å². The van der Waals surface area contributed by atoms with Crippen LogP contribution in [0.4, 0.5) is 5.69 Å². The molecule has 1 saturated heterocycles. The summed E-state index contributed by atoms with van der Waals surface area (Å²) in [6, 6.07) is 21.4. The van der Waals surface area contributed by atoms with Gasteiger partial charge in [-0.1, -0.05) is 30.3 Å². The summed E-state index contributed by atoms with van der Waals surface area (Å²) in [7, 11) is -0.339. The van der Waals surface area contributed by atoms with Gasteiger partial charge >= 0.3 is 7.12 Å². The lowest BCUT2D eigenvalue weighted by Gasteiger charge is -2.32. The molecule has 1 aliphatic heterocycles. The number of benzene rings is 3. The maximum Gasteiger partial charge on any atom is 0.494 e. The Morgan fingerprint density at radius 3 is 2.16 bits per heavy atom. The van der Waals surface area contributed by atoms with Crippen molar-refractivity contribution in [3.8, 4) is 16.9 Å². The fourth-order valence-corrected chi connectivity index (χ4v) is 5.04. The molecule has 0 radical (unpaired) electrons. The van der Waals surface area contributed by atoms with Crippen LogP contribution in [0.3, 0.4) is 0 Å². The van der Waals surface area contributed by atoms with E-state index in [-0.39, 0.29) is 18.3 Å². The van der Waals surface area contributed by atoms with E-state index in [1.54, 1.807) is 0 Å². The summed E-state index contributed by atoms with van der Waals surface area (Å²) in [5, 5.41) is 3.56. The first-order chi connectivity index (χ1) is 17.6. The molecule has 3 aromatic rings. The molecule has 0 aromatic heterocycles. The topological polar surface area (TPSA) is 39.7 Å².